The lowest BCUT2D eigenvalue weighted by Gasteiger charge is -2.36. The van der Waals surface area contributed by atoms with Crippen molar-refractivity contribution < 1.29 is 4.74 Å². The van der Waals surface area contributed by atoms with E-state index in [4.69, 9.17) is 4.74 Å². The average Bonchev–Trinajstić information content (AvgIpc) is 2.23. The van der Waals surface area contributed by atoms with E-state index in [1.54, 1.807) is 0 Å². The van der Waals surface area contributed by atoms with Gasteiger partial charge in [0.05, 0.1) is 6.10 Å². The largest absolute Gasteiger partial charge is 0.360 e. The van der Waals surface area contributed by atoms with Crippen molar-refractivity contribution in [2.24, 2.45) is 0 Å². The summed E-state index contributed by atoms with van der Waals surface area (Å²) in [5, 5.41) is 3.37. The highest BCUT2D eigenvalue weighted by molar-refractivity contribution is 4.72. The molecule has 2 heterocycles. The Labute approximate surface area is 86.8 Å². The van der Waals surface area contributed by atoms with Crippen molar-refractivity contribution in [1.82, 2.24) is 10.2 Å². The molecule has 2 fully saturated rings. The molecule has 2 aliphatic heterocycles. The van der Waals surface area contributed by atoms with Crippen molar-refractivity contribution in [3.8, 4) is 0 Å². The van der Waals surface area contributed by atoms with Crippen molar-refractivity contribution in [3.05, 3.63) is 0 Å². The van der Waals surface area contributed by atoms with Gasteiger partial charge >= 0.3 is 0 Å². The lowest BCUT2D eigenvalue weighted by Crippen LogP contribution is -2.43. The first-order valence-electron chi connectivity index (χ1n) is 5.92. The van der Waals surface area contributed by atoms with Gasteiger partial charge in [-0.2, -0.15) is 0 Å². The highest BCUT2D eigenvalue weighted by atomic mass is 16.5. The van der Waals surface area contributed by atoms with Gasteiger partial charge in [0.25, 0.3) is 0 Å². The van der Waals surface area contributed by atoms with Crippen molar-refractivity contribution in [3.63, 3.8) is 0 Å². The van der Waals surface area contributed by atoms with E-state index in [1.165, 1.54) is 38.6 Å². The van der Waals surface area contributed by atoms with Gasteiger partial charge in [-0.15, -0.1) is 0 Å². The summed E-state index contributed by atoms with van der Waals surface area (Å²) in [6.07, 6.45) is 7.16. The van der Waals surface area contributed by atoms with Gasteiger partial charge in [0.15, 0.2) is 0 Å². The molecule has 3 nitrogen and oxygen atoms in total. The Morgan fingerprint density at radius 1 is 1.14 bits per heavy atom. The molecule has 1 N–H and O–H groups in total. The zero-order valence-corrected chi connectivity index (χ0v) is 9.17. The van der Waals surface area contributed by atoms with Crippen LogP contribution in [0.5, 0.6) is 0 Å². The van der Waals surface area contributed by atoms with Crippen LogP contribution in [-0.4, -0.2) is 43.9 Å². The Bertz CT molecular complexity index is 169. The van der Waals surface area contributed by atoms with E-state index in [9.17, 15) is 0 Å². The molecule has 0 bridgehead atoms. The monoisotopic (exact) mass is 198 g/mol. The molecule has 0 aromatic heterocycles. The lowest BCUT2D eigenvalue weighted by atomic mass is 10.1. The van der Waals surface area contributed by atoms with Crippen LogP contribution >= 0.6 is 0 Å². The van der Waals surface area contributed by atoms with Crippen LogP contribution in [0.25, 0.3) is 0 Å². The molecule has 1 unspecified atom stereocenters. The van der Waals surface area contributed by atoms with Gasteiger partial charge in [0.2, 0.25) is 0 Å². The Morgan fingerprint density at radius 2 is 1.93 bits per heavy atom. The molecule has 14 heavy (non-hydrogen) atoms. The highest BCUT2D eigenvalue weighted by Crippen LogP contribution is 2.20. The number of ether oxygens (including phenoxy) is 1. The molecule has 2 rings (SSSR count). The first kappa shape index (κ1) is 10.4. The van der Waals surface area contributed by atoms with E-state index >= 15 is 0 Å². The number of piperidine rings is 2. The van der Waals surface area contributed by atoms with Crippen LogP contribution in [0.2, 0.25) is 0 Å². The minimum absolute atomic E-state index is 0.395. The maximum atomic E-state index is 6.13. The van der Waals surface area contributed by atoms with Gasteiger partial charge in [-0.25, -0.2) is 0 Å². The summed E-state index contributed by atoms with van der Waals surface area (Å²) >= 11 is 0. The van der Waals surface area contributed by atoms with Gasteiger partial charge in [-0.1, -0.05) is 0 Å². The quantitative estimate of drug-likeness (QED) is 0.721. The fourth-order valence-corrected chi connectivity index (χ4v) is 2.37. The molecule has 0 amide bonds. The van der Waals surface area contributed by atoms with E-state index in [1.807, 2.05) is 0 Å². The van der Waals surface area contributed by atoms with Crippen molar-refractivity contribution >= 4 is 0 Å². The first-order chi connectivity index (χ1) is 6.86. The Morgan fingerprint density at radius 3 is 2.64 bits per heavy atom. The third-order valence-electron chi connectivity index (χ3n) is 3.34. The molecule has 0 aliphatic carbocycles. The van der Waals surface area contributed by atoms with E-state index in [2.05, 4.69) is 17.3 Å². The summed E-state index contributed by atoms with van der Waals surface area (Å²) in [5.41, 5.74) is 0. The van der Waals surface area contributed by atoms with Crippen molar-refractivity contribution in [2.45, 2.75) is 44.4 Å². The molecule has 1 atom stereocenters. The number of nitrogens with one attached hydrogen (secondary N) is 1. The van der Waals surface area contributed by atoms with Crippen LogP contribution in [0.15, 0.2) is 0 Å². The fourth-order valence-electron chi connectivity index (χ4n) is 2.37. The van der Waals surface area contributed by atoms with Crippen LogP contribution in [0.4, 0.5) is 0 Å². The molecular weight excluding hydrogens is 176 g/mol. The van der Waals surface area contributed by atoms with Gasteiger partial charge in [-0.05, 0) is 52.2 Å². The zero-order valence-electron chi connectivity index (χ0n) is 9.17. The molecule has 0 radical (unpaired) electrons. The van der Waals surface area contributed by atoms with Gasteiger partial charge in [0.1, 0.15) is 6.23 Å². The van der Waals surface area contributed by atoms with Crippen molar-refractivity contribution in [2.75, 3.05) is 26.7 Å². The molecule has 0 aromatic carbocycles. The highest BCUT2D eigenvalue weighted by Gasteiger charge is 2.23. The second-order valence-electron chi connectivity index (χ2n) is 4.52. The predicted octanol–water partition coefficient (Wildman–Crippen LogP) is 1.20. The molecule has 2 aliphatic rings. The SMILES string of the molecule is CN1CCCCC1OC1CCNCC1. The molecular formula is C11H22N2O. The van der Waals surface area contributed by atoms with E-state index < -0.39 is 0 Å². The number of rotatable bonds is 2. The van der Waals surface area contributed by atoms with Gasteiger partial charge in [-0.3, -0.25) is 4.90 Å². The lowest BCUT2D eigenvalue weighted by molar-refractivity contribution is -0.113. The zero-order chi connectivity index (χ0) is 9.80. The molecule has 2 saturated heterocycles. The summed E-state index contributed by atoms with van der Waals surface area (Å²) in [6.45, 7) is 3.46. The third kappa shape index (κ3) is 2.69. The molecule has 82 valence electrons. The summed E-state index contributed by atoms with van der Waals surface area (Å²) < 4.78 is 6.13. The maximum Gasteiger partial charge on any atom is 0.110 e. The van der Waals surface area contributed by atoms with Crippen molar-refractivity contribution in [1.29, 1.82) is 0 Å². The normalized spacial score (nSPS) is 31.9. The Hall–Kier alpha value is -0.120. The minimum atomic E-state index is 0.395. The second kappa shape index (κ2) is 5.10. The summed E-state index contributed by atoms with van der Waals surface area (Å²) in [6, 6.07) is 0. The topological polar surface area (TPSA) is 24.5 Å². The van der Waals surface area contributed by atoms with Crippen LogP contribution < -0.4 is 5.32 Å². The predicted molar refractivity (Wildman–Crippen MR) is 57.2 cm³/mol. The maximum absolute atomic E-state index is 6.13. The van der Waals surface area contributed by atoms with E-state index in [0.29, 0.717) is 12.3 Å². The minimum Gasteiger partial charge on any atom is -0.360 e. The third-order valence-corrected chi connectivity index (χ3v) is 3.34. The van der Waals surface area contributed by atoms with E-state index in [0.717, 1.165) is 13.1 Å². The summed E-state index contributed by atoms with van der Waals surface area (Å²) in [5.74, 6) is 0. The first-order valence-corrected chi connectivity index (χ1v) is 5.92. The molecule has 3 heteroatoms. The smallest absolute Gasteiger partial charge is 0.110 e. The Kier molecular flexibility index (Phi) is 3.79. The van der Waals surface area contributed by atoms with Crippen LogP contribution in [0.3, 0.4) is 0 Å². The molecule has 0 aromatic rings. The van der Waals surface area contributed by atoms with Crippen LogP contribution in [0, 0.1) is 0 Å². The number of likely N-dealkylation sites (tertiary alicyclic amines) is 1. The van der Waals surface area contributed by atoms with Crippen LogP contribution in [-0.2, 0) is 4.74 Å². The Balaban J connectivity index is 1.76. The standard InChI is InChI=1S/C11H22N2O/c1-13-9-3-2-4-11(13)14-10-5-7-12-8-6-10/h10-12H,2-9H2,1H3. The van der Waals surface area contributed by atoms with Crippen LogP contribution in [0.1, 0.15) is 32.1 Å². The van der Waals surface area contributed by atoms with Gasteiger partial charge in [0, 0.05) is 6.54 Å². The molecule has 0 spiro atoms. The van der Waals surface area contributed by atoms with Gasteiger partial charge < -0.3 is 10.1 Å². The summed E-state index contributed by atoms with van der Waals surface area (Å²) in [4.78, 5) is 2.37. The number of nitrogens with zero attached hydrogens (tertiary/aromatic N) is 1. The van der Waals surface area contributed by atoms with E-state index in [-0.39, 0.29) is 0 Å². The number of hydrogen-bond acceptors (Lipinski definition) is 3. The molecule has 0 saturated carbocycles. The fraction of sp³-hybridized carbons (Fsp3) is 1.00. The number of hydrogen-bond donors (Lipinski definition) is 1. The second-order valence-corrected chi connectivity index (χ2v) is 4.52. The average molecular weight is 198 g/mol. The summed E-state index contributed by atoms with van der Waals surface area (Å²) in [7, 11) is 2.19.